The number of carbonyl (C=O) groups is 1. The van der Waals surface area contributed by atoms with Crippen LogP contribution in [-0.2, 0) is 4.79 Å². The zero-order chi connectivity index (χ0) is 9.68. The molecule has 0 fully saturated rings. The van der Waals surface area contributed by atoms with Gasteiger partial charge in [-0.05, 0) is 12.1 Å². The zero-order valence-corrected chi connectivity index (χ0v) is 7.75. The molecule has 0 aliphatic rings. The first kappa shape index (κ1) is 9.85. The molecule has 0 unspecified atom stereocenters. The fourth-order valence-electron chi connectivity index (χ4n) is 0.733. The summed E-state index contributed by atoms with van der Waals surface area (Å²) in [4.78, 5) is 15.0. The number of nitrogens with zero attached hydrogens (tertiary/aromatic N) is 1. The van der Waals surface area contributed by atoms with Crippen molar-refractivity contribution in [1.29, 1.82) is 0 Å². The summed E-state index contributed by atoms with van der Waals surface area (Å²) in [5.74, 6) is 0.250. The van der Waals surface area contributed by atoms with Crippen LogP contribution in [0.3, 0.4) is 0 Å². The van der Waals surface area contributed by atoms with Gasteiger partial charge in [0.25, 0.3) is 0 Å². The maximum absolute atomic E-state index is 10.2. The molecule has 1 rings (SSSR count). The molecule has 1 aromatic heterocycles. The number of pyridine rings is 1. The van der Waals surface area contributed by atoms with Gasteiger partial charge in [0.15, 0.2) is 0 Å². The number of nitrogen functional groups attached to an aromatic ring is 1. The number of anilines is 1. The molecule has 5 heteroatoms. The molecular weight excluding hydrogens is 188 g/mol. The van der Waals surface area contributed by atoms with Gasteiger partial charge in [-0.3, -0.25) is 4.79 Å². The van der Waals surface area contributed by atoms with E-state index >= 15 is 0 Å². The van der Waals surface area contributed by atoms with E-state index in [0.717, 1.165) is 4.90 Å². The highest BCUT2D eigenvalue weighted by atomic mass is 32.2. The molecule has 0 saturated heterocycles. The summed E-state index contributed by atoms with van der Waals surface area (Å²) in [6.45, 7) is 0. The Balaban J connectivity index is 2.37. The topological polar surface area (TPSA) is 76.2 Å². The minimum atomic E-state index is -0.782. The first-order valence-corrected chi connectivity index (χ1v) is 4.73. The van der Waals surface area contributed by atoms with E-state index in [2.05, 4.69) is 4.98 Å². The monoisotopic (exact) mass is 198 g/mol. The van der Waals surface area contributed by atoms with E-state index in [9.17, 15) is 4.79 Å². The molecule has 4 nitrogen and oxygen atoms in total. The largest absolute Gasteiger partial charge is 0.481 e. The van der Waals surface area contributed by atoms with Gasteiger partial charge < -0.3 is 10.8 Å². The second-order valence-electron chi connectivity index (χ2n) is 2.41. The van der Waals surface area contributed by atoms with Crippen LogP contribution in [0.2, 0.25) is 0 Å². The standard InChI is InChI=1S/C8H10N2O2S/c9-7-2-1-6(5-10-7)13-4-3-8(11)12/h1-2,5H,3-4H2,(H2,9,10)(H,11,12). The summed E-state index contributed by atoms with van der Waals surface area (Å²) in [6.07, 6.45) is 1.80. The number of aromatic nitrogens is 1. The van der Waals surface area contributed by atoms with Gasteiger partial charge >= 0.3 is 5.97 Å². The molecule has 0 aliphatic heterocycles. The minimum Gasteiger partial charge on any atom is -0.481 e. The number of hydrogen-bond acceptors (Lipinski definition) is 4. The number of carboxylic acid groups (broad SMARTS) is 1. The summed E-state index contributed by atoms with van der Waals surface area (Å²) in [6, 6.07) is 3.53. The highest BCUT2D eigenvalue weighted by Crippen LogP contribution is 2.17. The van der Waals surface area contributed by atoms with Crippen molar-refractivity contribution in [1.82, 2.24) is 4.98 Å². The van der Waals surface area contributed by atoms with Crippen molar-refractivity contribution in [3.8, 4) is 0 Å². The normalized spacial score (nSPS) is 9.85. The molecule has 0 radical (unpaired) electrons. The van der Waals surface area contributed by atoms with Crippen LogP contribution in [0.5, 0.6) is 0 Å². The molecule has 0 saturated carbocycles. The van der Waals surface area contributed by atoms with Crippen molar-refractivity contribution in [3.63, 3.8) is 0 Å². The highest BCUT2D eigenvalue weighted by Gasteiger charge is 1.98. The fraction of sp³-hybridized carbons (Fsp3) is 0.250. The molecular formula is C8H10N2O2S. The van der Waals surface area contributed by atoms with Crippen molar-refractivity contribution >= 4 is 23.5 Å². The lowest BCUT2D eigenvalue weighted by Gasteiger charge is -1.98. The molecule has 1 aromatic rings. The van der Waals surface area contributed by atoms with Crippen LogP contribution in [0, 0.1) is 0 Å². The number of carboxylic acids is 1. The van der Waals surface area contributed by atoms with Gasteiger partial charge in [-0.25, -0.2) is 4.98 Å². The van der Waals surface area contributed by atoms with Gasteiger partial charge in [-0.15, -0.1) is 11.8 Å². The lowest BCUT2D eigenvalue weighted by atomic mass is 10.5. The predicted octanol–water partition coefficient (Wildman–Crippen LogP) is 1.23. The van der Waals surface area contributed by atoms with Gasteiger partial charge in [0, 0.05) is 16.8 Å². The Morgan fingerprint density at radius 2 is 2.38 bits per heavy atom. The third-order valence-corrected chi connectivity index (χ3v) is 2.33. The van der Waals surface area contributed by atoms with Gasteiger partial charge in [0.05, 0.1) is 6.42 Å². The fourth-order valence-corrected chi connectivity index (χ4v) is 1.54. The average Bonchev–Trinajstić information content (AvgIpc) is 2.08. The van der Waals surface area contributed by atoms with Crippen LogP contribution in [0.25, 0.3) is 0 Å². The first-order valence-electron chi connectivity index (χ1n) is 3.74. The summed E-state index contributed by atoms with van der Waals surface area (Å²) in [5.41, 5.74) is 5.39. The molecule has 0 amide bonds. The molecule has 70 valence electrons. The van der Waals surface area contributed by atoms with Crippen LogP contribution >= 0.6 is 11.8 Å². The lowest BCUT2D eigenvalue weighted by Crippen LogP contribution is -1.96. The van der Waals surface area contributed by atoms with Gasteiger partial charge in [-0.1, -0.05) is 0 Å². The third-order valence-electron chi connectivity index (χ3n) is 1.34. The quantitative estimate of drug-likeness (QED) is 0.711. The van der Waals surface area contributed by atoms with Crippen LogP contribution in [0.15, 0.2) is 23.2 Å². The van der Waals surface area contributed by atoms with Crippen molar-refractivity contribution < 1.29 is 9.90 Å². The Labute approximate surface area is 80.2 Å². The Kier molecular flexibility index (Phi) is 3.57. The first-order chi connectivity index (χ1) is 6.18. The zero-order valence-electron chi connectivity index (χ0n) is 6.93. The Hall–Kier alpha value is -1.23. The highest BCUT2D eigenvalue weighted by molar-refractivity contribution is 7.99. The molecule has 0 aliphatic carbocycles. The molecule has 0 atom stereocenters. The summed E-state index contributed by atoms with van der Waals surface area (Å²) >= 11 is 1.46. The maximum Gasteiger partial charge on any atom is 0.304 e. The second-order valence-corrected chi connectivity index (χ2v) is 3.58. The van der Waals surface area contributed by atoms with Crippen LogP contribution in [0.1, 0.15) is 6.42 Å². The Bertz CT molecular complexity index is 287. The van der Waals surface area contributed by atoms with Gasteiger partial charge in [0.1, 0.15) is 5.82 Å². The average molecular weight is 198 g/mol. The van der Waals surface area contributed by atoms with E-state index in [4.69, 9.17) is 10.8 Å². The van der Waals surface area contributed by atoms with Crippen LogP contribution in [0.4, 0.5) is 5.82 Å². The van der Waals surface area contributed by atoms with Crippen molar-refractivity contribution in [2.75, 3.05) is 11.5 Å². The Morgan fingerprint density at radius 3 is 2.92 bits per heavy atom. The molecule has 0 spiro atoms. The van der Waals surface area contributed by atoms with Crippen molar-refractivity contribution in [2.45, 2.75) is 11.3 Å². The number of rotatable bonds is 4. The number of hydrogen-bond donors (Lipinski definition) is 2. The van der Waals surface area contributed by atoms with E-state index < -0.39 is 5.97 Å². The van der Waals surface area contributed by atoms with Crippen molar-refractivity contribution in [3.05, 3.63) is 18.3 Å². The molecule has 13 heavy (non-hydrogen) atoms. The number of nitrogens with two attached hydrogens (primary N) is 1. The van der Waals surface area contributed by atoms with Crippen molar-refractivity contribution in [2.24, 2.45) is 0 Å². The van der Waals surface area contributed by atoms with E-state index in [1.165, 1.54) is 11.8 Å². The SMILES string of the molecule is Nc1ccc(SCCC(=O)O)cn1. The Morgan fingerprint density at radius 1 is 1.62 bits per heavy atom. The molecule has 3 N–H and O–H groups in total. The number of aliphatic carboxylic acids is 1. The van der Waals surface area contributed by atoms with Gasteiger partial charge in [0.2, 0.25) is 0 Å². The molecule has 0 bridgehead atoms. The summed E-state index contributed by atoms with van der Waals surface area (Å²) < 4.78 is 0. The smallest absolute Gasteiger partial charge is 0.304 e. The second kappa shape index (κ2) is 4.71. The number of thioether (sulfide) groups is 1. The lowest BCUT2D eigenvalue weighted by molar-refractivity contribution is -0.136. The van der Waals surface area contributed by atoms with Crippen LogP contribution in [-0.4, -0.2) is 21.8 Å². The minimum absolute atomic E-state index is 0.162. The summed E-state index contributed by atoms with van der Waals surface area (Å²) in [5, 5.41) is 8.39. The van der Waals surface area contributed by atoms with E-state index in [1.54, 1.807) is 12.3 Å². The van der Waals surface area contributed by atoms with E-state index in [1.807, 2.05) is 6.07 Å². The van der Waals surface area contributed by atoms with E-state index in [-0.39, 0.29) is 6.42 Å². The summed E-state index contributed by atoms with van der Waals surface area (Å²) in [7, 11) is 0. The van der Waals surface area contributed by atoms with Gasteiger partial charge in [-0.2, -0.15) is 0 Å². The predicted molar refractivity (Wildman–Crippen MR) is 51.6 cm³/mol. The molecule has 1 heterocycles. The molecule has 0 aromatic carbocycles. The van der Waals surface area contributed by atoms with E-state index in [0.29, 0.717) is 11.6 Å². The van der Waals surface area contributed by atoms with Crippen LogP contribution < -0.4 is 5.73 Å². The maximum atomic E-state index is 10.2. The third kappa shape index (κ3) is 3.80.